The second-order valence-electron chi connectivity index (χ2n) is 2.41. The van der Waals surface area contributed by atoms with Crippen molar-refractivity contribution in [2.75, 3.05) is 5.33 Å². The minimum Gasteiger partial charge on any atom is -0.171 e. The molecular formula is C6H10BrF3. The lowest BCUT2D eigenvalue weighted by Gasteiger charge is -2.09. The van der Waals surface area contributed by atoms with Gasteiger partial charge in [0.05, 0.1) is 0 Å². The quantitative estimate of drug-likeness (QED) is 0.638. The molecular weight excluding hydrogens is 209 g/mol. The Morgan fingerprint density at radius 2 is 1.90 bits per heavy atom. The molecule has 0 amide bonds. The number of hydrogen-bond donors (Lipinski definition) is 0. The Bertz CT molecular complexity index is 89.5. The molecule has 0 aliphatic rings. The van der Waals surface area contributed by atoms with Crippen molar-refractivity contribution in [2.24, 2.45) is 5.92 Å². The van der Waals surface area contributed by atoms with Crippen LogP contribution in [-0.2, 0) is 0 Å². The van der Waals surface area contributed by atoms with Crippen LogP contribution in [0.25, 0.3) is 0 Å². The smallest absolute Gasteiger partial charge is 0.171 e. The summed E-state index contributed by atoms with van der Waals surface area (Å²) >= 11 is 3.12. The van der Waals surface area contributed by atoms with Crippen LogP contribution < -0.4 is 0 Å². The second kappa shape index (κ2) is 4.21. The van der Waals surface area contributed by atoms with Crippen molar-refractivity contribution in [3.63, 3.8) is 0 Å². The first-order valence-electron chi connectivity index (χ1n) is 3.08. The normalized spacial score (nSPS) is 15.3. The first kappa shape index (κ1) is 10.3. The van der Waals surface area contributed by atoms with Gasteiger partial charge in [0.1, 0.15) is 0 Å². The van der Waals surface area contributed by atoms with Gasteiger partial charge in [0.25, 0.3) is 0 Å². The summed E-state index contributed by atoms with van der Waals surface area (Å²) in [6.07, 6.45) is -4.44. The largest absolute Gasteiger partial charge is 0.389 e. The van der Waals surface area contributed by atoms with E-state index in [1.807, 2.05) is 0 Å². The topological polar surface area (TPSA) is 0 Å². The first-order valence-corrected chi connectivity index (χ1v) is 4.20. The molecule has 0 rings (SSSR count). The van der Waals surface area contributed by atoms with E-state index in [0.29, 0.717) is 5.33 Å². The fourth-order valence-corrected chi connectivity index (χ4v) is 0.811. The van der Waals surface area contributed by atoms with E-state index in [1.54, 1.807) is 6.92 Å². The Hall–Kier alpha value is 0.270. The van der Waals surface area contributed by atoms with Crippen LogP contribution in [0.1, 0.15) is 19.8 Å². The monoisotopic (exact) mass is 218 g/mol. The predicted octanol–water partition coefficient (Wildman–Crippen LogP) is 3.36. The molecule has 0 fully saturated rings. The molecule has 0 aliphatic heterocycles. The zero-order valence-corrected chi connectivity index (χ0v) is 7.30. The third-order valence-electron chi connectivity index (χ3n) is 1.18. The van der Waals surface area contributed by atoms with E-state index < -0.39 is 12.6 Å². The van der Waals surface area contributed by atoms with Crippen molar-refractivity contribution >= 4 is 15.9 Å². The third kappa shape index (κ3) is 6.39. The van der Waals surface area contributed by atoms with Crippen LogP contribution in [0, 0.1) is 5.92 Å². The highest BCUT2D eigenvalue weighted by Crippen LogP contribution is 2.24. The Kier molecular flexibility index (Phi) is 4.32. The molecule has 0 heterocycles. The number of halogens is 4. The molecule has 10 heavy (non-hydrogen) atoms. The highest BCUT2D eigenvalue weighted by molar-refractivity contribution is 9.09. The van der Waals surface area contributed by atoms with Crippen LogP contribution in [0.2, 0.25) is 0 Å². The molecule has 62 valence electrons. The molecule has 0 N–H and O–H groups in total. The summed E-state index contributed by atoms with van der Waals surface area (Å²) in [6.45, 7) is 1.79. The minimum absolute atomic E-state index is 0.113. The zero-order chi connectivity index (χ0) is 8.20. The summed E-state index contributed by atoms with van der Waals surface area (Å²) in [7, 11) is 0. The molecule has 0 radical (unpaired) electrons. The Morgan fingerprint density at radius 1 is 1.40 bits per heavy atom. The Balaban J connectivity index is 3.36. The van der Waals surface area contributed by atoms with Crippen molar-refractivity contribution in [1.29, 1.82) is 0 Å². The number of hydrogen-bond acceptors (Lipinski definition) is 0. The maximum Gasteiger partial charge on any atom is 0.389 e. The second-order valence-corrected chi connectivity index (χ2v) is 3.06. The van der Waals surface area contributed by atoms with Gasteiger partial charge in [-0.1, -0.05) is 22.9 Å². The van der Waals surface area contributed by atoms with E-state index in [2.05, 4.69) is 15.9 Å². The van der Waals surface area contributed by atoms with Gasteiger partial charge in [-0.3, -0.25) is 0 Å². The maximum atomic E-state index is 11.5. The van der Waals surface area contributed by atoms with Gasteiger partial charge < -0.3 is 0 Å². The molecule has 0 spiro atoms. The summed E-state index contributed by atoms with van der Waals surface area (Å²) in [4.78, 5) is 0. The molecule has 0 aromatic carbocycles. The first-order chi connectivity index (χ1) is 4.45. The average Bonchev–Trinajstić information content (AvgIpc) is 1.81. The fraction of sp³-hybridized carbons (Fsp3) is 1.00. The third-order valence-corrected chi connectivity index (χ3v) is 2.29. The van der Waals surface area contributed by atoms with Gasteiger partial charge in [-0.25, -0.2) is 0 Å². The van der Waals surface area contributed by atoms with Gasteiger partial charge in [-0.2, -0.15) is 13.2 Å². The van der Waals surface area contributed by atoms with Crippen molar-refractivity contribution < 1.29 is 13.2 Å². The Morgan fingerprint density at radius 3 is 2.20 bits per heavy atom. The predicted molar refractivity (Wildman–Crippen MR) is 38.2 cm³/mol. The standard InChI is InChI=1S/C6H10BrF3/c1-5(4-7)2-3-6(8,9)10/h5H,2-4H2,1H3. The van der Waals surface area contributed by atoms with Gasteiger partial charge in [-0.05, 0) is 12.3 Å². The molecule has 0 bridgehead atoms. The summed E-state index contributed by atoms with van der Waals surface area (Å²) in [5, 5.41) is 0.642. The van der Waals surface area contributed by atoms with Crippen LogP contribution in [0.5, 0.6) is 0 Å². The molecule has 1 unspecified atom stereocenters. The maximum absolute atomic E-state index is 11.5. The molecule has 0 saturated heterocycles. The molecule has 0 aliphatic carbocycles. The van der Waals surface area contributed by atoms with Gasteiger partial charge in [0.15, 0.2) is 0 Å². The molecule has 4 heteroatoms. The van der Waals surface area contributed by atoms with Crippen molar-refractivity contribution in [3.8, 4) is 0 Å². The molecule has 1 atom stereocenters. The van der Waals surface area contributed by atoms with Crippen LogP contribution in [0.3, 0.4) is 0 Å². The van der Waals surface area contributed by atoms with E-state index in [4.69, 9.17) is 0 Å². The number of rotatable bonds is 3. The zero-order valence-electron chi connectivity index (χ0n) is 5.71. The molecule has 0 nitrogen and oxygen atoms in total. The lowest BCUT2D eigenvalue weighted by atomic mass is 10.1. The van der Waals surface area contributed by atoms with Gasteiger partial charge in [0, 0.05) is 11.8 Å². The van der Waals surface area contributed by atoms with E-state index in [-0.39, 0.29) is 12.3 Å². The molecule has 0 aromatic heterocycles. The van der Waals surface area contributed by atoms with Crippen molar-refractivity contribution in [2.45, 2.75) is 25.9 Å². The van der Waals surface area contributed by atoms with Crippen molar-refractivity contribution in [1.82, 2.24) is 0 Å². The lowest BCUT2D eigenvalue weighted by Crippen LogP contribution is -2.09. The summed E-state index contributed by atoms with van der Waals surface area (Å²) < 4.78 is 34.6. The van der Waals surface area contributed by atoms with Gasteiger partial charge >= 0.3 is 6.18 Å². The van der Waals surface area contributed by atoms with Crippen LogP contribution in [0.15, 0.2) is 0 Å². The SMILES string of the molecule is CC(CBr)CCC(F)(F)F. The van der Waals surface area contributed by atoms with Gasteiger partial charge in [0.2, 0.25) is 0 Å². The summed E-state index contributed by atoms with van der Waals surface area (Å²) in [6, 6.07) is 0. The van der Waals surface area contributed by atoms with Gasteiger partial charge in [-0.15, -0.1) is 0 Å². The van der Waals surface area contributed by atoms with Crippen molar-refractivity contribution in [3.05, 3.63) is 0 Å². The van der Waals surface area contributed by atoms with Crippen LogP contribution >= 0.6 is 15.9 Å². The fourth-order valence-electron chi connectivity index (χ4n) is 0.487. The van der Waals surface area contributed by atoms with Crippen LogP contribution in [-0.4, -0.2) is 11.5 Å². The van der Waals surface area contributed by atoms with E-state index in [1.165, 1.54) is 0 Å². The molecule has 0 saturated carbocycles. The van der Waals surface area contributed by atoms with E-state index in [0.717, 1.165) is 0 Å². The Labute approximate surface area is 66.9 Å². The van der Waals surface area contributed by atoms with Crippen LogP contribution in [0.4, 0.5) is 13.2 Å². The average molecular weight is 219 g/mol. The minimum atomic E-state index is -3.99. The number of alkyl halides is 4. The molecule has 0 aromatic rings. The lowest BCUT2D eigenvalue weighted by molar-refractivity contribution is -0.137. The summed E-state index contributed by atoms with van der Waals surface area (Å²) in [5.41, 5.74) is 0. The summed E-state index contributed by atoms with van der Waals surface area (Å²) in [5.74, 6) is 0.113. The highest BCUT2D eigenvalue weighted by atomic mass is 79.9. The van der Waals surface area contributed by atoms with E-state index in [9.17, 15) is 13.2 Å². The highest BCUT2D eigenvalue weighted by Gasteiger charge is 2.26. The van der Waals surface area contributed by atoms with E-state index >= 15 is 0 Å².